The Morgan fingerprint density at radius 1 is 0.327 bits per heavy atom. The average Bonchev–Trinajstić information content (AvgIpc) is 3.48. The maximum atomic E-state index is 5.28. The SMILES string of the molecule is CC1(C)c2ccccc2-c2cc(-c3nc(-c4ccccc4)nc(-c4ccc(-c5c6ccccc6cc6c5ccc5ccccc56)c5ccccc45)n3)ccc21. The third kappa shape index (κ3) is 4.86. The van der Waals surface area contributed by atoms with E-state index in [1.54, 1.807) is 0 Å². The molecule has 0 N–H and O–H groups in total. The summed E-state index contributed by atoms with van der Waals surface area (Å²) in [6.07, 6.45) is 0. The van der Waals surface area contributed by atoms with Gasteiger partial charge in [-0.2, -0.15) is 0 Å². The summed E-state index contributed by atoms with van der Waals surface area (Å²) in [5, 5.41) is 9.72. The molecule has 3 heteroatoms. The third-order valence-corrected chi connectivity index (χ3v) is 11.7. The molecule has 10 aromatic rings. The lowest BCUT2D eigenvalue weighted by atomic mass is 9.82. The van der Waals surface area contributed by atoms with E-state index in [4.69, 9.17) is 15.0 Å². The van der Waals surface area contributed by atoms with Crippen LogP contribution in [0.5, 0.6) is 0 Å². The highest BCUT2D eigenvalue weighted by molar-refractivity contribution is 6.22. The molecule has 0 radical (unpaired) electrons. The number of hydrogen-bond acceptors (Lipinski definition) is 3. The lowest BCUT2D eigenvalue weighted by Crippen LogP contribution is -2.14. The van der Waals surface area contributed by atoms with E-state index < -0.39 is 0 Å². The topological polar surface area (TPSA) is 38.7 Å². The Kier molecular flexibility index (Phi) is 6.90. The van der Waals surface area contributed by atoms with E-state index >= 15 is 0 Å². The minimum atomic E-state index is -0.0763. The molecule has 258 valence electrons. The minimum Gasteiger partial charge on any atom is -0.208 e. The highest BCUT2D eigenvalue weighted by Crippen LogP contribution is 2.49. The van der Waals surface area contributed by atoms with Gasteiger partial charge in [0.2, 0.25) is 0 Å². The van der Waals surface area contributed by atoms with Gasteiger partial charge in [-0.15, -0.1) is 0 Å². The summed E-state index contributed by atoms with van der Waals surface area (Å²) in [7, 11) is 0. The molecule has 0 atom stereocenters. The highest BCUT2D eigenvalue weighted by Gasteiger charge is 2.35. The van der Waals surface area contributed by atoms with E-state index in [9.17, 15) is 0 Å². The molecule has 9 aromatic carbocycles. The molecule has 1 aliphatic rings. The summed E-state index contributed by atoms with van der Waals surface area (Å²) in [6, 6.07) is 63.2. The van der Waals surface area contributed by atoms with Crippen molar-refractivity contribution in [2.75, 3.05) is 0 Å². The van der Waals surface area contributed by atoms with Crippen molar-refractivity contribution in [3.8, 4) is 56.4 Å². The molecule has 0 spiro atoms. The Morgan fingerprint density at radius 2 is 0.927 bits per heavy atom. The number of benzene rings is 9. The molecule has 3 nitrogen and oxygen atoms in total. The molecule has 55 heavy (non-hydrogen) atoms. The van der Waals surface area contributed by atoms with E-state index in [-0.39, 0.29) is 5.41 Å². The molecule has 0 saturated carbocycles. The summed E-state index contributed by atoms with van der Waals surface area (Å²) < 4.78 is 0. The molecule has 1 aliphatic carbocycles. The summed E-state index contributed by atoms with van der Waals surface area (Å²) in [4.78, 5) is 15.6. The van der Waals surface area contributed by atoms with Crippen LogP contribution in [0, 0.1) is 0 Å². The van der Waals surface area contributed by atoms with Crippen molar-refractivity contribution >= 4 is 43.1 Å². The molecule has 1 heterocycles. The van der Waals surface area contributed by atoms with Crippen molar-refractivity contribution in [2.45, 2.75) is 19.3 Å². The normalized spacial score (nSPS) is 13.1. The van der Waals surface area contributed by atoms with Crippen molar-refractivity contribution in [1.82, 2.24) is 15.0 Å². The molecule has 0 unspecified atom stereocenters. The number of nitrogens with zero attached hydrogens (tertiary/aromatic N) is 3. The van der Waals surface area contributed by atoms with Crippen molar-refractivity contribution in [3.63, 3.8) is 0 Å². The average molecular weight is 702 g/mol. The van der Waals surface area contributed by atoms with Gasteiger partial charge < -0.3 is 0 Å². The fourth-order valence-corrected chi connectivity index (χ4v) is 9.02. The molecule has 0 saturated heterocycles. The first-order valence-corrected chi connectivity index (χ1v) is 18.9. The van der Waals surface area contributed by atoms with Crippen LogP contribution in [0.15, 0.2) is 176 Å². The standard InChI is InChI=1S/C52H35N3/c1-52(2)46-23-13-12-22-40(46)45-31-35(25-29-47(45)52)50-53-49(33-15-4-3-5-16-33)54-51(55-50)43-28-27-41(38-20-10-11-21-39(38)43)48-37-19-9-7-17-34(37)30-44-36-18-8-6-14-32(36)24-26-42(44)48/h3-31H,1-2H3. The lowest BCUT2D eigenvalue weighted by Gasteiger charge is -2.21. The van der Waals surface area contributed by atoms with Crippen molar-refractivity contribution in [2.24, 2.45) is 0 Å². The van der Waals surface area contributed by atoms with Gasteiger partial charge in [0.25, 0.3) is 0 Å². The number of rotatable bonds is 4. The van der Waals surface area contributed by atoms with Gasteiger partial charge in [0.05, 0.1) is 0 Å². The molecule has 1 aromatic heterocycles. The van der Waals surface area contributed by atoms with Crippen LogP contribution in [0.1, 0.15) is 25.0 Å². The predicted molar refractivity (Wildman–Crippen MR) is 229 cm³/mol. The molecule has 0 amide bonds. The zero-order valence-corrected chi connectivity index (χ0v) is 30.6. The maximum Gasteiger partial charge on any atom is 0.164 e. The number of fused-ring (bicyclic) bond motifs is 8. The monoisotopic (exact) mass is 701 g/mol. The first-order chi connectivity index (χ1) is 27.0. The lowest BCUT2D eigenvalue weighted by molar-refractivity contribution is 0.660. The third-order valence-electron chi connectivity index (χ3n) is 11.7. The Bertz CT molecular complexity index is 3180. The van der Waals surface area contributed by atoms with Crippen LogP contribution in [0.2, 0.25) is 0 Å². The zero-order chi connectivity index (χ0) is 36.7. The molecule has 0 aliphatic heterocycles. The smallest absolute Gasteiger partial charge is 0.164 e. The first kappa shape index (κ1) is 31.5. The molecule has 0 fully saturated rings. The van der Waals surface area contributed by atoms with Gasteiger partial charge in [0, 0.05) is 22.1 Å². The number of aromatic nitrogens is 3. The first-order valence-electron chi connectivity index (χ1n) is 18.9. The van der Waals surface area contributed by atoms with Gasteiger partial charge >= 0.3 is 0 Å². The van der Waals surface area contributed by atoms with Gasteiger partial charge in [0.15, 0.2) is 17.5 Å². The highest BCUT2D eigenvalue weighted by atomic mass is 15.0. The van der Waals surface area contributed by atoms with E-state index in [1.165, 1.54) is 65.7 Å². The second kappa shape index (κ2) is 12.0. The van der Waals surface area contributed by atoms with Gasteiger partial charge in [-0.1, -0.05) is 172 Å². The van der Waals surface area contributed by atoms with Crippen LogP contribution in [0.25, 0.3) is 99.5 Å². The quantitative estimate of drug-likeness (QED) is 0.135. The minimum absolute atomic E-state index is 0.0763. The largest absolute Gasteiger partial charge is 0.208 e. The molecule has 11 rings (SSSR count). The Morgan fingerprint density at radius 3 is 1.75 bits per heavy atom. The maximum absolute atomic E-state index is 5.28. The van der Waals surface area contributed by atoms with Gasteiger partial charge in [0.1, 0.15) is 0 Å². The predicted octanol–water partition coefficient (Wildman–Crippen LogP) is 13.5. The van der Waals surface area contributed by atoms with Crippen LogP contribution in [0.3, 0.4) is 0 Å². The van der Waals surface area contributed by atoms with E-state index in [2.05, 4.69) is 172 Å². The van der Waals surface area contributed by atoms with Gasteiger partial charge in [-0.3, -0.25) is 0 Å². The van der Waals surface area contributed by atoms with E-state index in [1.807, 2.05) is 18.2 Å². The molecular formula is C52H35N3. The van der Waals surface area contributed by atoms with Gasteiger partial charge in [-0.05, 0) is 94.7 Å². The summed E-state index contributed by atoms with van der Waals surface area (Å²) >= 11 is 0. The van der Waals surface area contributed by atoms with Crippen LogP contribution < -0.4 is 0 Å². The summed E-state index contributed by atoms with van der Waals surface area (Å²) in [5.41, 5.74) is 10.4. The summed E-state index contributed by atoms with van der Waals surface area (Å²) in [5.74, 6) is 1.97. The van der Waals surface area contributed by atoms with Crippen LogP contribution >= 0.6 is 0 Å². The second-order valence-electron chi connectivity index (χ2n) is 15.2. The Hall–Kier alpha value is -6.97. The molecular weight excluding hydrogens is 667 g/mol. The fraction of sp³-hybridized carbons (Fsp3) is 0.0577. The molecule has 0 bridgehead atoms. The van der Waals surface area contributed by atoms with Crippen LogP contribution in [0.4, 0.5) is 0 Å². The Labute approximate surface area is 319 Å². The van der Waals surface area contributed by atoms with E-state index in [0.717, 1.165) is 27.5 Å². The fourth-order valence-electron chi connectivity index (χ4n) is 9.02. The van der Waals surface area contributed by atoms with Crippen molar-refractivity contribution < 1.29 is 0 Å². The van der Waals surface area contributed by atoms with Crippen molar-refractivity contribution in [3.05, 3.63) is 187 Å². The summed E-state index contributed by atoms with van der Waals surface area (Å²) in [6.45, 7) is 4.62. The van der Waals surface area contributed by atoms with Gasteiger partial charge in [-0.25, -0.2) is 15.0 Å². The zero-order valence-electron chi connectivity index (χ0n) is 30.6. The van der Waals surface area contributed by atoms with E-state index in [0.29, 0.717) is 17.5 Å². The Balaban J connectivity index is 1.15. The number of hydrogen-bond donors (Lipinski definition) is 0. The second-order valence-corrected chi connectivity index (χ2v) is 15.2. The van der Waals surface area contributed by atoms with Crippen molar-refractivity contribution in [1.29, 1.82) is 0 Å². The van der Waals surface area contributed by atoms with Crippen LogP contribution in [-0.4, -0.2) is 15.0 Å². The van der Waals surface area contributed by atoms with Crippen LogP contribution in [-0.2, 0) is 5.41 Å².